The number of hydrogen-bond acceptors (Lipinski definition) is 4. The molecule has 0 spiro atoms. The van der Waals surface area contributed by atoms with Crippen LogP contribution in [0.25, 0.3) is 0 Å². The van der Waals surface area contributed by atoms with Crippen molar-refractivity contribution in [1.29, 1.82) is 0 Å². The van der Waals surface area contributed by atoms with E-state index in [1.54, 1.807) is 0 Å². The summed E-state index contributed by atoms with van der Waals surface area (Å²) in [5.41, 5.74) is 2.75. The lowest BCUT2D eigenvalue weighted by molar-refractivity contribution is 0.576. The first-order valence-electron chi connectivity index (χ1n) is 6.77. The van der Waals surface area contributed by atoms with Gasteiger partial charge < -0.3 is 10.2 Å². The second kappa shape index (κ2) is 5.72. The van der Waals surface area contributed by atoms with Gasteiger partial charge in [-0.25, -0.2) is 0 Å². The summed E-state index contributed by atoms with van der Waals surface area (Å²) in [5, 5.41) is 5.44. The summed E-state index contributed by atoms with van der Waals surface area (Å²) in [6, 6.07) is 7.02. The maximum absolute atomic E-state index is 4.30. The molecule has 100 valence electrons. The SMILES string of the molecule is CNCCC(c1cccs1)N1CCc2ccncc21. The van der Waals surface area contributed by atoms with Crippen LogP contribution >= 0.6 is 11.3 Å². The van der Waals surface area contributed by atoms with Gasteiger partial charge in [-0.1, -0.05) is 6.07 Å². The third kappa shape index (κ3) is 2.51. The number of pyridine rings is 1. The van der Waals surface area contributed by atoms with E-state index in [1.807, 2.05) is 30.8 Å². The number of anilines is 1. The third-order valence-electron chi connectivity index (χ3n) is 3.73. The predicted molar refractivity (Wildman–Crippen MR) is 80.9 cm³/mol. The van der Waals surface area contributed by atoms with E-state index >= 15 is 0 Å². The number of hydrogen-bond donors (Lipinski definition) is 1. The zero-order valence-corrected chi connectivity index (χ0v) is 12.0. The minimum atomic E-state index is 0.470. The Balaban J connectivity index is 1.89. The normalized spacial score (nSPS) is 15.5. The summed E-state index contributed by atoms with van der Waals surface area (Å²) in [7, 11) is 2.02. The molecule has 0 saturated heterocycles. The van der Waals surface area contributed by atoms with Crippen LogP contribution in [-0.4, -0.2) is 25.1 Å². The lowest BCUT2D eigenvalue weighted by atomic mass is 10.1. The van der Waals surface area contributed by atoms with Crippen LogP contribution in [0.4, 0.5) is 5.69 Å². The molecule has 0 aliphatic carbocycles. The Morgan fingerprint density at radius 2 is 2.42 bits per heavy atom. The van der Waals surface area contributed by atoms with Crippen molar-refractivity contribution >= 4 is 17.0 Å². The van der Waals surface area contributed by atoms with Gasteiger partial charge >= 0.3 is 0 Å². The van der Waals surface area contributed by atoms with E-state index in [1.165, 1.54) is 16.1 Å². The number of rotatable bonds is 5. The largest absolute Gasteiger partial charge is 0.362 e. The fraction of sp³-hybridized carbons (Fsp3) is 0.400. The van der Waals surface area contributed by atoms with E-state index in [4.69, 9.17) is 0 Å². The van der Waals surface area contributed by atoms with E-state index in [9.17, 15) is 0 Å². The van der Waals surface area contributed by atoms with E-state index in [0.717, 1.165) is 25.9 Å². The van der Waals surface area contributed by atoms with Gasteiger partial charge in [0.05, 0.1) is 17.9 Å². The van der Waals surface area contributed by atoms with Gasteiger partial charge in [-0.15, -0.1) is 11.3 Å². The van der Waals surface area contributed by atoms with Crippen molar-refractivity contribution < 1.29 is 0 Å². The predicted octanol–water partition coefficient (Wildman–Crippen LogP) is 2.86. The van der Waals surface area contributed by atoms with E-state index in [0.29, 0.717) is 6.04 Å². The maximum Gasteiger partial charge on any atom is 0.0647 e. The molecule has 1 unspecified atom stereocenters. The first-order chi connectivity index (χ1) is 9.40. The molecule has 0 aromatic carbocycles. The highest BCUT2D eigenvalue weighted by Gasteiger charge is 2.27. The molecule has 1 atom stereocenters. The average molecular weight is 273 g/mol. The molecule has 4 heteroatoms. The van der Waals surface area contributed by atoms with E-state index in [2.05, 4.69) is 38.8 Å². The number of nitrogens with one attached hydrogen (secondary N) is 1. The van der Waals surface area contributed by atoms with Gasteiger partial charge in [0.1, 0.15) is 0 Å². The summed E-state index contributed by atoms with van der Waals surface area (Å²) in [4.78, 5) is 8.27. The second-order valence-corrected chi connectivity index (χ2v) is 5.85. The molecule has 0 radical (unpaired) electrons. The van der Waals surface area contributed by atoms with Crippen molar-refractivity contribution in [3.63, 3.8) is 0 Å². The Morgan fingerprint density at radius 1 is 1.47 bits per heavy atom. The molecule has 0 bridgehead atoms. The molecule has 2 aromatic heterocycles. The fourth-order valence-electron chi connectivity index (χ4n) is 2.78. The Labute approximate surface area is 118 Å². The molecule has 1 N–H and O–H groups in total. The molecular formula is C15H19N3S. The highest BCUT2D eigenvalue weighted by atomic mass is 32.1. The summed E-state index contributed by atoms with van der Waals surface area (Å²) in [6.07, 6.45) is 6.18. The molecule has 3 heterocycles. The monoisotopic (exact) mass is 273 g/mol. The average Bonchev–Trinajstić information content (AvgIpc) is 3.09. The van der Waals surface area contributed by atoms with Gasteiger partial charge in [0.15, 0.2) is 0 Å². The summed E-state index contributed by atoms with van der Waals surface area (Å²) >= 11 is 1.85. The molecule has 1 aliphatic rings. The molecule has 3 rings (SSSR count). The van der Waals surface area contributed by atoms with Crippen LogP contribution in [0.15, 0.2) is 36.0 Å². The molecule has 0 fully saturated rings. The van der Waals surface area contributed by atoms with E-state index in [-0.39, 0.29) is 0 Å². The zero-order valence-electron chi connectivity index (χ0n) is 11.2. The Morgan fingerprint density at radius 3 is 3.21 bits per heavy atom. The van der Waals surface area contributed by atoms with Crippen molar-refractivity contribution in [2.45, 2.75) is 18.9 Å². The van der Waals surface area contributed by atoms with Crippen molar-refractivity contribution in [1.82, 2.24) is 10.3 Å². The number of nitrogens with zero attached hydrogens (tertiary/aromatic N) is 2. The smallest absolute Gasteiger partial charge is 0.0647 e. The molecule has 0 saturated carbocycles. The van der Waals surface area contributed by atoms with Crippen LogP contribution in [0.2, 0.25) is 0 Å². The highest BCUT2D eigenvalue weighted by Crippen LogP contribution is 2.37. The molecule has 1 aliphatic heterocycles. The minimum Gasteiger partial charge on any atom is -0.362 e. The van der Waals surface area contributed by atoms with Crippen molar-refractivity contribution in [2.75, 3.05) is 25.0 Å². The quantitative estimate of drug-likeness (QED) is 0.908. The van der Waals surface area contributed by atoms with Crippen LogP contribution in [0.3, 0.4) is 0 Å². The van der Waals surface area contributed by atoms with Gasteiger partial charge in [-0.05, 0) is 49.5 Å². The lowest BCUT2D eigenvalue weighted by Crippen LogP contribution is -2.28. The zero-order chi connectivity index (χ0) is 13.1. The van der Waals surface area contributed by atoms with Crippen molar-refractivity contribution in [3.05, 3.63) is 46.4 Å². The van der Waals surface area contributed by atoms with Crippen LogP contribution in [0, 0.1) is 0 Å². The molecule has 2 aromatic rings. The van der Waals surface area contributed by atoms with Crippen molar-refractivity contribution in [3.8, 4) is 0 Å². The van der Waals surface area contributed by atoms with Gasteiger partial charge in [0.25, 0.3) is 0 Å². The second-order valence-electron chi connectivity index (χ2n) is 4.87. The van der Waals surface area contributed by atoms with Gasteiger partial charge in [-0.2, -0.15) is 0 Å². The number of aromatic nitrogens is 1. The first kappa shape index (κ1) is 12.6. The van der Waals surface area contributed by atoms with Crippen LogP contribution in [-0.2, 0) is 6.42 Å². The first-order valence-corrected chi connectivity index (χ1v) is 7.65. The van der Waals surface area contributed by atoms with Crippen LogP contribution in [0.5, 0.6) is 0 Å². The van der Waals surface area contributed by atoms with Crippen LogP contribution in [0.1, 0.15) is 22.9 Å². The van der Waals surface area contributed by atoms with Gasteiger partial charge in [-0.3, -0.25) is 4.98 Å². The minimum absolute atomic E-state index is 0.470. The number of fused-ring (bicyclic) bond motifs is 1. The molecule has 3 nitrogen and oxygen atoms in total. The van der Waals surface area contributed by atoms with Crippen molar-refractivity contribution in [2.24, 2.45) is 0 Å². The van der Waals surface area contributed by atoms with Gasteiger partial charge in [0, 0.05) is 17.6 Å². The summed E-state index contributed by atoms with van der Waals surface area (Å²) < 4.78 is 0. The Hall–Kier alpha value is -1.39. The fourth-order valence-corrected chi connectivity index (χ4v) is 3.66. The lowest BCUT2D eigenvalue weighted by Gasteiger charge is -2.29. The topological polar surface area (TPSA) is 28.2 Å². The molecular weight excluding hydrogens is 254 g/mol. The summed E-state index contributed by atoms with van der Waals surface area (Å²) in [5.74, 6) is 0. The highest BCUT2D eigenvalue weighted by molar-refractivity contribution is 7.10. The third-order valence-corrected chi connectivity index (χ3v) is 4.71. The Kier molecular flexibility index (Phi) is 3.80. The van der Waals surface area contributed by atoms with E-state index < -0.39 is 0 Å². The molecule has 19 heavy (non-hydrogen) atoms. The van der Waals surface area contributed by atoms with Crippen LogP contribution < -0.4 is 10.2 Å². The van der Waals surface area contributed by atoms with Gasteiger partial charge in [0.2, 0.25) is 0 Å². The standard InChI is InChI=1S/C15H19N3S/c1-16-7-5-13(15-3-2-10-19-15)18-9-6-12-4-8-17-11-14(12)18/h2-4,8,10-11,13,16H,5-7,9H2,1H3. The maximum atomic E-state index is 4.30. The number of thiophene rings is 1. The molecule has 0 amide bonds. The Bertz CT molecular complexity index is 524. The summed E-state index contributed by atoms with van der Waals surface area (Å²) in [6.45, 7) is 2.14.